The number of nitrogens with one attached hydrogen (secondary N) is 1. The maximum atomic E-state index is 13.9. The molecule has 0 radical (unpaired) electrons. The van der Waals surface area contributed by atoms with E-state index in [0.717, 1.165) is 5.56 Å². The van der Waals surface area contributed by atoms with Crippen molar-refractivity contribution in [3.8, 4) is 29.0 Å². The number of halogens is 3. The number of nitrogens with zero attached hydrogens (tertiary/aromatic N) is 2. The number of hydrogen-bond acceptors (Lipinski definition) is 5. The summed E-state index contributed by atoms with van der Waals surface area (Å²) < 4.78 is 25.3. The van der Waals surface area contributed by atoms with Crippen molar-refractivity contribution in [2.75, 3.05) is 0 Å². The molecule has 1 aromatic heterocycles. The molecule has 0 fully saturated rings. The summed E-state index contributed by atoms with van der Waals surface area (Å²) in [6, 6.07) is 20.9. The summed E-state index contributed by atoms with van der Waals surface area (Å²) in [5, 5.41) is 18.0. The van der Waals surface area contributed by atoms with E-state index in [4.69, 9.17) is 38.4 Å². The highest BCUT2D eigenvalue weighted by Crippen LogP contribution is 2.47. The Morgan fingerprint density at radius 2 is 1.89 bits per heavy atom. The van der Waals surface area contributed by atoms with E-state index in [0.29, 0.717) is 38.2 Å². The zero-order valence-electron chi connectivity index (χ0n) is 18.1. The Morgan fingerprint density at radius 1 is 1.11 bits per heavy atom. The second-order valence-electron chi connectivity index (χ2n) is 7.82. The summed E-state index contributed by atoms with van der Waals surface area (Å²) >= 11 is 12.5. The first-order valence-corrected chi connectivity index (χ1v) is 11.3. The largest absolute Gasteiger partial charge is 0.489 e. The fourth-order valence-corrected chi connectivity index (χ4v) is 4.51. The van der Waals surface area contributed by atoms with Gasteiger partial charge in [-0.25, -0.2) is 4.39 Å². The molecule has 9 heteroatoms. The zero-order valence-corrected chi connectivity index (χ0v) is 19.6. The molecular weight excluding hydrogens is 490 g/mol. The van der Waals surface area contributed by atoms with Crippen molar-refractivity contribution in [3.05, 3.63) is 111 Å². The lowest BCUT2D eigenvalue weighted by atomic mass is 9.83. The van der Waals surface area contributed by atoms with Crippen LogP contribution in [0.15, 0.2) is 78.2 Å². The molecule has 5 rings (SSSR count). The maximum Gasteiger partial charge on any atom is 0.244 e. The molecule has 35 heavy (non-hydrogen) atoms. The topological polar surface area (TPSA) is 97.0 Å². The minimum Gasteiger partial charge on any atom is -0.489 e. The second-order valence-corrected chi connectivity index (χ2v) is 8.66. The van der Waals surface area contributed by atoms with Crippen molar-refractivity contribution in [1.82, 2.24) is 10.2 Å². The molecule has 0 saturated heterocycles. The Labute approximate surface area is 210 Å². The van der Waals surface area contributed by atoms with E-state index in [1.165, 1.54) is 6.07 Å². The van der Waals surface area contributed by atoms with Gasteiger partial charge in [0, 0.05) is 16.1 Å². The third-order valence-electron chi connectivity index (χ3n) is 5.70. The van der Waals surface area contributed by atoms with Gasteiger partial charge in [0.15, 0.2) is 0 Å². The normalized spacial score (nSPS) is 14.7. The number of aromatic amines is 1. The van der Waals surface area contributed by atoms with Crippen molar-refractivity contribution < 1.29 is 13.9 Å². The van der Waals surface area contributed by atoms with E-state index in [1.54, 1.807) is 48.5 Å². The Balaban J connectivity index is 1.51. The highest BCUT2D eigenvalue weighted by atomic mass is 35.5. The van der Waals surface area contributed by atoms with E-state index in [1.807, 2.05) is 12.1 Å². The number of nitrogens with two attached hydrogens (primary N) is 1. The Morgan fingerprint density at radius 3 is 2.60 bits per heavy atom. The first-order valence-electron chi connectivity index (χ1n) is 10.5. The molecule has 1 atom stereocenters. The van der Waals surface area contributed by atoms with E-state index in [2.05, 4.69) is 16.3 Å². The third-order valence-corrected chi connectivity index (χ3v) is 6.25. The van der Waals surface area contributed by atoms with Gasteiger partial charge in [0.25, 0.3) is 0 Å². The average Bonchev–Trinajstić information content (AvgIpc) is 3.26. The van der Waals surface area contributed by atoms with Crippen molar-refractivity contribution >= 4 is 23.2 Å². The highest BCUT2D eigenvalue weighted by molar-refractivity contribution is 6.36. The van der Waals surface area contributed by atoms with Gasteiger partial charge in [-0.15, -0.1) is 5.10 Å². The van der Waals surface area contributed by atoms with Crippen molar-refractivity contribution in [1.29, 1.82) is 5.26 Å². The number of allylic oxidation sites excluding steroid dienone is 1. The van der Waals surface area contributed by atoms with Crippen LogP contribution in [-0.4, -0.2) is 10.2 Å². The summed E-state index contributed by atoms with van der Waals surface area (Å²) in [6.07, 6.45) is 0. The SMILES string of the molecule is N#CC1=C(N)Oc2n[nH]c(-c3ccc(Cl)cc3Cl)c2C1c1ccc(OCc2ccccc2F)cc1. The van der Waals surface area contributed by atoms with Crippen LogP contribution in [-0.2, 0) is 6.61 Å². The van der Waals surface area contributed by atoms with Crippen molar-refractivity contribution in [3.63, 3.8) is 0 Å². The third kappa shape index (κ3) is 4.30. The molecule has 2 heterocycles. The number of fused-ring (bicyclic) bond motifs is 1. The number of benzene rings is 3. The standard InChI is InChI=1S/C26H17Cl2FN4O2/c27-16-7-10-18(20(28)11-16)24-23-22(19(12-30)25(31)35-26(23)33-32-24)14-5-8-17(9-6-14)34-13-15-3-1-2-4-21(15)29/h1-11,22H,13,31H2,(H,32,33). The van der Waals surface area contributed by atoms with Gasteiger partial charge in [0.05, 0.1) is 22.2 Å². The molecule has 174 valence electrons. The van der Waals surface area contributed by atoms with Gasteiger partial charge in [0.1, 0.15) is 29.8 Å². The molecule has 3 N–H and O–H groups in total. The second kappa shape index (κ2) is 9.34. The van der Waals surface area contributed by atoms with Crippen LogP contribution in [0.3, 0.4) is 0 Å². The lowest BCUT2D eigenvalue weighted by molar-refractivity contribution is 0.300. The zero-order chi connectivity index (χ0) is 24.5. The predicted molar refractivity (Wildman–Crippen MR) is 131 cm³/mol. The molecule has 0 saturated carbocycles. The van der Waals surface area contributed by atoms with Gasteiger partial charge in [0.2, 0.25) is 11.8 Å². The van der Waals surface area contributed by atoms with Crippen LogP contribution in [0.5, 0.6) is 11.6 Å². The number of rotatable bonds is 5. The van der Waals surface area contributed by atoms with Crippen LogP contribution in [0.4, 0.5) is 4.39 Å². The molecule has 1 aliphatic heterocycles. The molecule has 0 bridgehead atoms. The number of aromatic nitrogens is 2. The van der Waals surface area contributed by atoms with Crippen LogP contribution < -0.4 is 15.2 Å². The van der Waals surface area contributed by atoms with Crippen LogP contribution >= 0.6 is 23.2 Å². The summed E-state index contributed by atoms with van der Waals surface area (Å²) in [6.45, 7) is 0.0880. The molecule has 6 nitrogen and oxygen atoms in total. The maximum absolute atomic E-state index is 13.9. The van der Waals surface area contributed by atoms with Gasteiger partial charge in [-0.3, -0.25) is 5.10 Å². The van der Waals surface area contributed by atoms with Crippen LogP contribution in [0.1, 0.15) is 22.6 Å². The van der Waals surface area contributed by atoms with E-state index in [-0.39, 0.29) is 29.8 Å². The quantitative estimate of drug-likeness (QED) is 0.330. The van der Waals surface area contributed by atoms with E-state index < -0.39 is 5.92 Å². The van der Waals surface area contributed by atoms with Gasteiger partial charge in [-0.1, -0.05) is 53.5 Å². The molecule has 0 spiro atoms. The van der Waals surface area contributed by atoms with Gasteiger partial charge >= 0.3 is 0 Å². The predicted octanol–water partition coefficient (Wildman–Crippen LogP) is 6.32. The van der Waals surface area contributed by atoms with Gasteiger partial charge in [-0.05, 0) is 42.0 Å². The lowest BCUT2D eigenvalue weighted by Gasteiger charge is -2.24. The Hall–Kier alpha value is -3.99. The van der Waals surface area contributed by atoms with E-state index >= 15 is 0 Å². The highest BCUT2D eigenvalue weighted by Gasteiger charge is 2.36. The number of hydrogen-bond donors (Lipinski definition) is 2. The average molecular weight is 507 g/mol. The number of ether oxygens (including phenoxy) is 2. The van der Waals surface area contributed by atoms with Gasteiger partial charge < -0.3 is 15.2 Å². The summed E-state index contributed by atoms with van der Waals surface area (Å²) in [7, 11) is 0. The fraction of sp³-hybridized carbons (Fsp3) is 0.0769. The molecule has 4 aromatic rings. The minimum atomic E-state index is -0.565. The lowest BCUT2D eigenvalue weighted by Crippen LogP contribution is -2.21. The summed E-state index contributed by atoms with van der Waals surface area (Å²) in [5.74, 6) is -0.109. The fourth-order valence-electron chi connectivity index (χ4n) is 4.01. The molecule has 0 aliphatic carbocycles. The molecule has 1 aliphatic rings. The minimum absolute atomic E-state index is 0.0230. The first-order chi connectivity index (χ1) is 17.0. The van der Waals surface area contributed by atoms with Gasteiger partial charge in [-0.2, -0.15) is 5.26 Å². The smallest absolute Gasteiger partial charge is 0.244 e. The van der Waals surface area contributed by atoms with Crippen molar-refractivity contribution in [2.45, 2.75) is 12.5 Å². The van der Waals surface area contributed by atoms with Crippen LogP contribution in [0, 0.1) is 17.1 Å². The molecular formula is C26H17Cl2FN4O2. The van der Waals surface area contributed by atoms with E-state index in [9.17, 15) is 9.65 Å². The first kappa shape index (κ1) is 22.8. The summed E-state index contributed by atoms with van der Waals surface area (Å²) in [4.78, 5) is 0. The Kier molecular flexibility index (Phi) is 6.08. The summed E-state index contributed by atoms with van der Waals surface area (Å²) in [5.41, 5.74) is 9.39. The molecule has 3 aromatic carbocycles. The molecule has 1 unspecified atom stereocenters. The number of H-pyrrole nitrogens is 1. The van der Waals surface area contributed by atoms with Crippen molar-refractivity contribution in [2.24, 2.45) is 5.73 Å². The van der Waals surface area contributed by atoms with Crippen LogP contribution in [0.25, 0.3) is 11.3 Å². The Bertz CT molecular complexity index is 1490. The van der Waals surface area contributed by atoms with Crippen LogP contribution in [0.2, 0.25) is 10.0 Å². The number of nitriles is 1. The molecule has 0 amide bonds. The monoisotopic (exact) mass is 506 g/mol.